The molecule has 56 heavy (non-hydrogen) atoms. The normalized spacial score (nSPS) is 14.0. The highest BCUT2D eigenvalue weighted by molar-refractivity contribution is 7.99. The van der Waals surface area contributed by atoms with E-state index in [1.165, 1.54) is 23.3 Å². The Morgan fingerprint density at radius 3 is 2.25 bits per heavy atom. The third-order valence-corrected chi connectivity index (χ3v) is 12.4. The molecule has 0 unspecified atom stereocenters. The number of sulfonamides is 1. The van der Waals surface area contributed by atoms with Gasteiger partial charge in [-0.25, -0.2) is 13.1 Å². The fourth-order valence-corrected chi connectivity index (χ4v) is 8.69. The van der Waals surface area contributed by atoms with Gasteiger partial charge < -0.3 is 15.1 Å². The number of hydrogen-bond acceptors (Lipinski definition) is 10. The van der Waals surface area contributed by atoms with Crippen LogP contribution in [-0.2, 0) is 22.3 Å². The first-order valence-electron chi connectivity index (χ1n) is 18.3. The van der Waals surface area contributed by atoms with Crippen LogP contribution in [0.3, 0.4) is 0 Å². The van der Waals surface area contributed by atoms with Crippen molar-refractivity contribution in [2.75, 3.05) is 57.0 Å². The highest BCUT2D eigenvalue weighted by Gasteiger charge is 2.26. The lowest BCUT2D eigenvalue weighted by molar-refractivity contribution is -0.384. The van der Waals surface area contributed by atoms with Gasteiger partial charge in [-0.05, 0) is 91.3 Å². The van der Waals surface area contributed by atoms with E-state index in [1.54, 1.807) is 36.0 Å². The van der Waals surface area contributed by atoms with Crippen LogP contribution < -0.4 is 14.9 Å². The van der Waals surface area contributed by atoms with E-state index in [2.05, 4.69) is 38.0 Å². The van der Waals surface area contributed by atoms with Crippen LogP contribution >= 0.6 is 23.4 Å². The number of halogens is 1. The number of rotatable bonds is 16. The minimum absolute atomic E-state index is 0.154. The fraction of sp³-hybridized carbons (Fsp3) is 0.262. The van der Waals surface area contributed by atoms with Crippen molar-refractivity contribution in [3.8, 4) is 11.1 Å². The van der Waals surface area contributed by atoms with Crippen molar-refractivity contribution in [2.24, 2.45) is 0 Å². The molecule has 5 aromatic rings. The van der Waals surface area contributed by atoms with Crippen LogP contribution in [0.4, 0.5) is 17.1 Å². The van der Waals surface area contributed by atoms with Gasteiger partial charge >= 0.3 is 0 Å². The van der Waals surface area contributed by atoms with E-state index in [4.69, 9.17) is 11.6 Å². The predicted octanol–water partition coefficient (Wildman–Crippen LogP) is 7.98. The second-order valence-electron chi connectivity index (χ2n) is 13.9. The quantitative estimate of drug-likeness (QED) is 0.0575. The zero-order chi connectivity index (χ0) is 39.7. The molecule has 1 atom stereocenters. The van der Waals surface area contributed by atoms with Gasteiger partial charge in [-0.2, -0.15) is 0 Å². The second kappa shape index (κ2) is 18.8. The molecule has 5 aromatic carbocycles. The summed E-state index contributed by atoms with van der Waals surface area (Å²) in [5, 5.41) is 15.9. The average molecular weight is 813 g/mol. The number of piperazine rings is 1. The van der Waals surface area contributed by atoms with Gasteiger partial charge in [-0.15, -0.1) is 11.8 Å². The van der Waals surface area contributed by atoms with Gasteiger partial charge in [-0.1, -0.05) is 78.3 Å². The third kappa shape index (κ3) is 10.9. The monoisotopic (exact) mass is 812 g/mol. The van der Waals surface area contributed by atoms with Crippen LogP contribution in [0, 0.1) is 10.1 Å². The molecule has 0 bridgehead atoms. The Morgan fingerprint density at radius 1 is 0.893 bits per heavy atom. The Morgan fingerprint density at radius 2 is 1.57 bits per heavy atom. The van der Waals surface area contributed by atoms with Crippen LogP contribution in [0.5, 0.6) is 0 Å². The van der Waals surface area contributed by atoms with E-state index < -0.39 is 26.5 Å². The van der Waals surface area contributed by atoms with Crippen LogP contribution in [0.2, 0.25) is 5.02 Å². The number of carbonyl (C=O) groups is 1. The number of anilines is 2. The molecule has 1 aliphatic rings. The van der Waals surface area contributed by atoms with Crippen LogP contribution in [0.25, 0.3) is 11.1 Å². The van der Waals surface area contributed by atoms with Crippen LogP contribution in [0.15, 0.2) is 126 Å². The van der Waals surface area contributed by atoms with E-state index in [0.717, 1.165) is 62.1 Å². The number of carbonyl (C=O) groups excluding carboxylic acids is 1. The predicted molar refractivity (Wildman–Crippen MR) is 227 cm³/mol. The number of nitrogens with one attached hydrogen (secondary N) is 2. The van der Waals surface area contributed by atoms with Crippen molar-refractivity contribution in [2.45, 2.75) is 29.0 Å². The van der Waals surface area contributed by atoms with Gasteiger partial charge in [0.1, 0.15) is 5.69 Å². The van der Waals surface area contributed by atoms with E-state index in [0.29, 0.717) is 17.2 Å². The number of benzene rings is 5. The van der Waals surface area contributed by atoms with Crippen LogP contribution in [-0.4, -0.2) is 81.2 Å². The highest BCUT2D eigenvalue weighted by Crippen LogP contribution is 2.32. The average Bonchev–Trinajstić information content (AvgIpc) is 3.20. The maximum atomic E-state index is 13.3. The third-order valence-electron chi connectivity index (χ3n) is 9.59. The molecule has 11 nitrogen and oxygen atoms in total. The van der Waals surface area contributed by atoms with E-state index in [-0.39, 0.29) is 21.5 Å². The molecule has 14 heteroatoms. The fourth-order valence-electron chi connectivity index (χ4n) is 6.51. The molecule has 1 saturated heterocycles. The number of nitrogens with zero attached hydrogens (tertiary/aromatic N) is 4. The summed E-state index contributed by atoms with van der Waals surface area (Å²) in [6.07, 6.45) is 0.688. The molecule has 1 aliphatic heterocycles. The van der Waals surface area contributed by atoms with Gasteiger partial charge in [0.2, 0.25) is 0 Å². The smallest absolute Gasteiger partial charge is 0.293 e. The van der Waals surface area contributed by atoms with Crippen molar-refractivity contribution in [3.63, 3.8) is 0 Å². The van der Waals surface area contributed by atoms with E-state index in [9.17, 15) is 23.3 Å². The minimum Gasteiger partial charge on any atom is -0.369 e. The topological polar surface area (TPSA) is 128 Å². The SMILES string of the molecule is CN(C)CC[C@H](Nc1ccc(S(=O)(=O)NC(=O)c2ccc(N3CCN(Cc4ccccc4-c4ccc(Cl)cc4)CC3)cc2)cc1[N+](=O)[O-])SCc1ccccc1. The first kappa shape index (κ1) is 40.7. The summed E-state index contributed by atoms with van der Waals surface area (Å²) in [6, 6.07) is 36.6. The molecule has 1 heterocycles. The van der Waals surface area contributed by atoms with Crippen molar-refractivity contribution < 1.29 is 18.1 Å². The van der Waals surface area contributed by atoms with Crippen molar-refractivity contribution in [3.05, 3.63) is 153 Å². The molecule has 6 rings (SSSR count). The molecule has 0 aromatic heterocycles. The zero-order valence-electron chi connectivity index (χ0n) is 31.3. The number of nitro benzene ring substituents is 1. The summed E-state index contributed by atoms with van der Waals surface area (Å²) >= 11 is 7.73. The lowest BCUT2D eigenvalue weighted by Gasteiger charge is -2.36. The summed E-state index contributed by atoms with van der Waals surface area (Å²) in [5.41, 5.74) is 5.56. The van der Waals surface area contributed by atoms with Gasteiger partial charge in [0.15, 0.2) is 0 Å². The lowest BCUT2D eigenvalue weighted by Crippen LogP contribution is -2.46. The Bertz CT molecular complexity index is 2220. The summed E-state index contributed by atoms with van der Waals surface area (Å²) in [5.74, 6) is -0.135. The number of hydrogen-bond donors (Lipinski definition) is 2. The Labute approximate surface area is 337 Å². The number of amides is 1. The summed E-state index contributed by atoms with van der Waals surface area (Å²) in [7, 11) is -0.515. The van der Waals surface area contributed by atoms with Crippen molar-refractivity contribution >= 4 is 56.4 Å². The molecule has 0 saturated carbocycles. The van der Waals surface area contributed by atoms with Crippen molar-refractivity contribution in [1.82, 2.24) is 14.5 Å². The Balaban J connectivity index is 1.06. The lowest BCUT2D eigenvalue weighted by atomic mass is 9.99. The molecule has 0 spiro atoms. The Kier molecular flexibility index (Phi) is 13.7. The molecule has 2 N–H and O–H groups in total. The molecule has 1 fully saturated rings. The molecular weight excluding hydrogens is 768 g/mol. The number of thioether (sulfide) groups is 1. The summed E-state index contributed by atoms with van der Waals surface area (Å²) in [6.45, 7) is 4.82. The first-order chi connectivity index (χ1) is 26.9. The molecule has 292 valence electrons. The summed E-state index contributed by atoms with van der Waals surface area (Å²) < 4.78 is 28.8. The molecule has 1 amide bonds. The van der Waals surface area contributed by atoms with Crippen molar-refractivity contribution in [1.29, 1.82) is 0 Å². The van der Waals surface area contributed by atoms with E-state index >= 15 is 0 Å². The second-order valence-corrected chi connectivity index (χ2v) is 17.2. The first-order valence-corrected chi connectivity index (χ1v) is 21.2. The molecular formula is C42H45ClN6O5S2. The largest absolute Gasteiger partial charge is 0.369 e. The maximum absolute atomic E-state index is 13.3. The molecule has 0 aliphatic carbocycles. The highest BCUT2D eigenvalue weighted by atomic mass is 35.5. The van der Waals surface area contributed by atoms with E-state index in [1.807, 2.05) is 79.7 Å². The molecule has 0 radical (unpaired) electrons. The Hall–Kier alpha value is -4.92. The zero-order valence-corrected chi connectivity index (χ0v) is 33.7. The van der Waals surface area contributed by atoms with Crippen LogP contribution in [0.1, 0.15) is 27.9 Å². The van der Waals surface area contributed by atoms with Gasteiger partial charge in [-0.3, -0.25) is 19.8 Å². The van der Waals surface area contributed by atoms with Gasteiger partial charge in [0, 0.05) is 67.4 Å². The minimum atomic E-state index is -4.43. The summed E-state index contributed by atoms with van der Waals surface area (Å²) in [4.78, 5) is 31.0. The standard InChI is InChI=1S/C42H45ClN6O5S2/c1-46(2)23-22-41(55-30-31-8-4-3-5-9-31)44-39-21-20-37(28-40(39)49(51)52)56(53,54)45-42(50)33-14-18-36(19-15-33)48-26-24-47(25-27-48)29-34-10-6-7-11-38(34)32-12-16-35(43)17-13-32/h3-21,28,41,44H,22-27,29-30H2,1-2H3,(H,45,50)/t41-/m1/s1. The van der Waals surface area contributed by atoms with Gasteiger partial charge in [0.25, 0.3) is 21.6 Å². The maximum Gasteiger partial charge on any atom is 0.293 e. The van der Waals surface area contributed by atoms with Gasteiger partial charge in [0.05, 0.1) is 15.2 Å². The number of nitro groups is 1.